The fourth-order valence-electron chi connectivity index (χ4n) is 2.62. The molecule has 20 heavy (non-hydrogen) atoms. The van der Waals surface area contributed by atoms with Crippen molar-refractivity contribution in [3.63, 3.8) is 0 Å². The Morgan fingerprint density at radius 3 is 2.55 bits per heavy atom. The lowest BCUT2D eigenvalue weighted by atomic mass is 9.96. The van der Waals surface area contributed by atoms with E-state index in [2.05, 4.69) is 5.32 Å². The molecule has 0 aromatic rings. The van der Waals surface area contributed by atoms with Crippen LogP contribution in [-0.2, 0) is 14.8 Å². The lowest BCUT2D eigenvalue weighted by Crippen LogP contribution is -2.42. The number of hydrogen-bond acceptors (Lipinski definition) is 4. The highest BCUT2D eigenvalue weighted by molar-refractivity contribution is 7.89. The first-order chi connectivity index (χ1) is 9.51. The second-order valence-corrected chi connectivity index (χ2v) is 7.70. The predicted octanol–water partition coefficient (Wildman–Crippen LogP) is 1.45. The van der Waals surface area contributed by atoms with Crippen LogP contribution in [0.4, 0.5) is 0 Å². The fraction of sp³-hybridized carbons (Fsp3) is 1.00. The first kappa shape index (κ1) is 17.9. The second-order valence-electron chi connectivity index (χ2n) is 5.66. The van der Waals surface area contributed by atoms with Crippen LogP contribution in [0.3, 0.4) is 0 Å². The minimum Gasteiger partial charge on any atom is -0.383 e. The first-order valence-electron chi connectivity index (χ1n) is 7.70. The molecule has 1 atom stereocenters. The Labute approximate surface area is 124 Å². The van der Waals surface area contributed by atoms with Gasteiger partial charge >= 0.3 is 0 Å². The zero-order valence-electron chi connectivity index (χ0n) is 13.1. The third-order valence-electron chi connectivity index (χ3n) is 4.20. The number of nitrogens with one attached hydrogen (secondary N) is 1. The van der Waals surface area contributed by atoms with Crippen LogP contribution in [0, 0.1) is 5.92 Å². The molecular weight excluding hydrogens is 276 g/mol. The molecule has 0 saturated carbocycles. The van der Waals surface area contributed by atoms with E-state index in [1.54, 1.807) is 11.4 Å². The van der Waals surface area contributed by atoms with Crippen LogP contribution in [0.15, 0.2) is 0 Å². The van der Waals surface area contributed by atoms with Crippen molar-refractivity contribution in [2.75, 3.05) is 39.1 Å². The van der Waals surface area contributed by atoms with Crippen LogP contribution < -0.4 is 5.32 Å². The smallest absolute Gasteiger partial charge is 0.214 e. The summed E-state index contributed by atoms with van der Waals surface area (Å²) < 4.78 is 31.7. The molecule has 0 amide bonds. The summed E-state index contributed by atoms with van der Waals surface area (Å²) in [4.78, 5) is 0. The highest BCUT2D eigenvalue weighted by Gasteiger charge is 2.27. The van der Waals surface area contributed by atoms with Gasteiger partial charge < -0.3 is 10.1 Å². The van der Waals surface area contributed by atoms with E-state index < -0.39 is 10.0 Å². The van der Waals surface area contributed by atoms with Crippen molar-refractivity contribution in [1.82, 2.24) is 9.62 Å². The van der Waals surface area contributed by atoms with Gasteiger partial charge in [0.1, 0.15) is 0 Å². The number of ether oxygens (including phenoxy) is 1. The molecule has 1 saturated heterocycles. The third-order valence-corrected chi connectivity index (χ3v) is 6.21. The molecule has 6 heteroatoms. The maximum atomic E-state index is 12.5. The SMILES string of the molecule is CCC(C)N(CCOC)S(=O)(=O)CCC1CCNCC1. The Hall–Kier alpha value is -0.170. The van der Waals surface area contributed by atoms with Crippen molar-refractivity contribution in [1.29, 1.82) is 0 Å². The van der Waals surface area contributed by atoms with Gasteiger partial charge in [-0.2, -0.15) is 4.31 Å². The number of rotatable bonds is 9. The van der Waals surface area contributed by atoms with Gasteiger partial charge in [0.05, 0.1) is 12.4 Å². The van der Waals surface area contributed by atoms with Gasteiger partial charge in [-0.1, -0.05) is 6.92 Å². The van der Waals surface area contributed by atoms with Gasteiger partial charge in [-0.3, -0.25) is 0 Å². The average Bonchev–Trinajstić information content (AvgIpc) is 2.46. The lowest BCUT2D eigenvalue weighted by molar-refractivity contribution is 0.167. The van der Waals surface area contributed by atoms with E-state index in [-0.39, 0.29) is 11.8 Å². The van der Waals surface area contributed by atoms with Crippen molar-refractivity contribution >= 4 is 10.0 Å². The van der Waals surface area contributed by atoms with Gasteiger partial charge in [0.15, 0.2) is 0 Å². The Morgan fingerprint density at radius 2 is 2.00 bits per heavy atom. The summed E-state index contributed by atoms with van der Waals surface area (Å²) in [5.41, 5.74) is 0. The van der Waals surface area contributed by atoms with Gasteiger partial charge in [-0.05, 0) is 51.6 Å². The predicted molar refractivity (Wildman–Crippen MR) is 82.3 cm³/mol. The highest BCUT2D eigenvalue weighted by Crippen LogP contribution is 2.19. The third kappa shape index (κ3) is 5.68. The quantitative estimate of drug-likeness (QED) is 0.700. The zero-order valence-corrected chi connectivity index (χ0v) is 13.9. The average molecular weight is 306 g/mol. The maximum Gasteiger partial charge on any atom is 0.214 e. The van der Waals surface area contributed by atoms with E-state index in [1.807, 2.05) is 13.8 Å². The molecule has 1 unspecified atom stereocenters. The number of piperidine rings is 1. The van der Waals surface area contributed by atoms with Crippen LogP contribution in [-0.4, -0.2) is 57.9 Å². The number of methoxy groups -OCH3 is 1. The summed E-state index contributed by atoms with van der Waals surface area (Å²) in [5.74, 6) is 0.818. The molecule has 120 valence electrons. The van der Waals surface area contributed by atoms with Gasteiger partial charge in [0.25, 0.3) is 0 Å². The van der Waals surface area contributed by atoms with Crippen molar-refractivity contribution in [2.24, 2.45) is 5.92 Å². The summed E-state index contributed by atoms with van der Waals surface area (Å²) in [5, 5.41) is 3.31. The molecule has 0 spiro atoms. The lowest BCUT2D eigenvalue weighted by Gasteiger charge is -2.29. The normalized spacial score (nSPS) is 19.4. The highest BCUT2D eigenvalue weighted by atomic mass is 32.2. The molecule has 1 aliphatic heterocycles. The standard InChI is InChI=1S/C14H30N2O3S/c1-4-13(2)16(10-11-19-3)20(17,18)12-7-14-5-8-15-9-6-14/h13-15H,4-12H2,1-3H3. The first-order valence-corrected chi connectivity index (χ1v) is 9.31. The number of nitrogens with zero attached hydrogens (tertiary/aromatic N) is 1. The monoisotopic (exact) mass is 306 g/mol. The van der Waals surface area contributed by atoms with Crippen LogP contribution >= 0.6 is 0 Å². The van der Waals surface area contributed by atoms with E-state index in [1.165, 1.54) is 0 Å². The minimum absolute atomic E-state index is 0.0446. The second kappa shape index (κ2) is 8.97. The molecule has 0 aromatic carbocycles. The molecule has 0 radical (unpaired) electrons. The van der Waals surface area contributed by atoms with Crippen molar-refractivity contribution in [2.45, 2.75) is 45.6 Å². The van der Waals surface area contributed by atoms with Crippen LogP contribution in [0.25, 0.3) is 0 Å². The number of sulfonamides is 1. The summed E-state index contributed by atoms with van der Waals surface area (Å²) in [6.45, 7) is 6.94. The topological polar surface area (TPSA) is 58.6 Å². The zero-order chi connectivity index (χ0) is 15.0. The van der Waals surface area contributed by atoms with E-state index in [0.29, 0.717) is 19.1 Å². The van der Waals surface area contributed by atoms with E-state index in [4.69, 9.17) is 4.74 Å². The molecule has 1 N–H and O–H groups in total. The largest absolute Gasteiger partial charge is 0.383 e. The molecule has 1 heterocycles. The molecule has 0 bridgehead atoms. The maximum absolute atomic E-state index is 12.5. The van der Waals surface area contributed by atoms with Crippen molar-refractivity contribution < 1.29 is 13.2 Å². The van der Waals surface area contributed by atoms with Crippen LogP contribution in [0.1, 0.15) is 39.5 Å². The molecule has 0 aromatic heterocycles. The van der Waals surface area contributed by atoms with Crippen molar-refractivity contribution in [3.8, 4) is 0 Å². The Balaban J connectivity index is 2.56. The number of hydrogen-bond donors (Lipinski definition) is 1. The van der Waals surface area contributed by atoms with Crippen molar-refractivity contribution in [3.05, 3.63) is 0 Å². The Morgan fingerprint density at radius 1 is 1.35 bits per heavy atom. The summed E-state index contributed by atoms with van der Waals surface area (Å²) in [6.07, 6.45) is 3.80. The van der Waals surface area contributed by atoms with Gasteiger partial charge in [0.2, 0.25) is 10.0 Å². The van der Waals surface area contributed by atoms with Gasteiger partial charge in [-0.25, -0.2) is 8.42 Å². The summed E-state index contributed by atoms with van der Waals surface area (Å²) >= 11 is 0. The molecule has 1 fully saturated rings. The summed E-state index contributed by atoms with van der Waals surface area (Å²) in [7, 11) is -1.56. The molecule has 5 nitrogen and oxygen atoms in total. The van der Waals surface area contributed by atoms with Gasteiger partial charge in [-0.15, -0.1) is 0 Å². The van der Waals surface area contributed by atoms with E-state index >= 15 is 0 Å². The van der Waals surface area contributed by atoms with Crippen LogP contribution in [0.2, 0.25) is 0 Å². The minimum atomic E-state index is -3.17. The molecular formula is C14H30N2O3S. The summed E-state index contributed by atoms with van der Waals surface area (Å²) in [6, 6.07) is 0.0446. The molecule has 1 aliphatic rings. The van der Waals surface area contributed by atoms with E-state index in [0.717, 1.165) is 38.8 Å². The Kier molecular flexibility index (Phi) is 8.02. The van der Waals surface area contributed by atoms with Gasteiger partial charge in [0, 0.05) is 19.7 Å². The molecule has 0 aliphatic carbocycles. The Bertz CT molecular complexity index is 353. The van der Waals surface area contributed by atoms with Crippen LogP contribution in [0.5, 0.6) is 0 Å². The fourth-order valence-corrected chi connectivity index (χ4v) is 4.54. The van der Waals surface area contributed by atoms with E-state index in [9.17, 15) is 8.42 Å². The molecule has 1 rings (SSSR count).